The van der Waals surface area contributed by atoms with Crippen molar-refractivity contribution in [3.8, 4) is 0 Å². The predicted molar refractivity (Wildman–Crippen MR) is 84.0 cm³/mol. The maximum atomic E-state index is 4.72. The number of rotatable bonds is 2. The number of benzene rings is 1. The van der Waals surface area contributed by atoms with E-state index in [1.54, 1.807) is 11.3 Å². The number of aromatic nitrogens is 1. The molecule has 1 saturated carbocycles. The molecule has 19 heavy (non-hydrogen) atoms. The molecular formula is C16H22N2S. The van der Waals surface area contributed by atoms with Crippen LogP contribution in [0.4, 0.5) is 5.13 Å². The van der Waals surface area contributed by atoms with Crippen LogP contribution in [-0.2, 0) is 0 Å². The summed E-state index contributed by atoms with van der Waals surface area (Å²) in [5, 5.41) is 4.78. The number of anilines is 1. The van der Waals surface area contributed by atoms with E-state index >= 15 is 0 Å². The van der Waals surface area contributed by atoms with E-state index in [1.807, 2.05) is 0 Å². The van der Waals surface area contributed by atoms with Crippen molar-refractivity contribution in [1.29, 1.82) is 0 Å². The minimum atomic E-state index is 0.601. The van der Waals surface area contributed by atoms with Crippen molar-refractivity contribution < 1.29 is 0 Å². The second-order valence-corrected chi connectivity index (χ2v) is 6.89. The van der Waals surface area contributed by atoms with Crippen LogP contribution in [0.5, 0.6) is 0 Å². The highest BCUT2D eigenvalue weighted by Crippen LogP contribution is 2.30. The van der Waals surface area contributed by atoms with Crippen molar-refractivity contribution in [3.05, 3.63) is 23.8 Å². The molecule has 2 nitrogen and oxygen atoms in total. The van der Waals surface area contributed by atoms with Crippen molar-refractivity contribution in [2.24, 2.45) is 5.92 Å². The average molecular weight is 274 g/mol. The Morgan fingerprint density at radius 1 is 1.21 bits per heavy atom. The normalized spacial score (nSPS) is 24.3. The Labute approximate surface area is 119 Å². The van der Waals surface area contributed by atoms with Crippen LogP contribution >= 0.6 is 11.3 Å². The van der Waals surface area contributed by atoms with Crippen LogP contribution in [0.15, 0.2) is 18.2 Å². The van der Waals surface area contributed by atoms with Crippen LogP contribution in [-0.4, -0.2) is 11.0 Å². The smallest absolute Gasteiger partial charge is 0.184 e. The zero-order valence-electron chi connectivity index (χ0n) is 11.8. The third-order valence-corrected chi connectivity index (χ3v) is 5.16. The van der Waals surface area contributed by atoms with Crippen molar-refractivity contribution in [3.63, 3.8) is 0 Å². The largest absolute Gasteiger partial charge is 0.358 e. The highest BCUT2D eigenvalue weighted by atomic mass is 32.1. The van der Waals surface area contributed by atoms with Gasteiger partial charge in [-0.3, -0.25) is 0 Å². The maximum Gasteiger partial charge on any atom is 0.184 e. The Balaban J connectivity index is 1.80. The Hall–Kier alpha value is -1.09. The van der Waals surface area contributed by atoms with E-state index in [1.165, 1.54) is 42.4 Å². The lowest BCUT2D eigenvalue weighted by Gasteiger charge is -2.22. The lowest BCUT2D eigenvalue weighted by Crippen LogP contribution is -2.26. The molecule has 1 aliphatic carbocycles. The Kier molecular flexibility index (Phi) is 3.74. The molecule has 2 atom stereocenters. The van der Waals surface area contributed by atoms with Gasteiger partial charge in [-0.1, -0.05) is 43.6 Å². The van der Waals surface area contributed by atoms with Gasteiger partial charge in [-0.2, -0.15) is 0 Å². The first-order valence-electron chi connectivity index (χ1n) is 7.36. The molecule has 0 radical (unpaired) electrons. The molecule has 1 fully saturated rings. The van der Waals surface area contributed by atoms with Crippen LogP contribution in [0.25, 0.3) is 10.2 Å². The van der Waals surface area contributed by atoms with Crippen LogP contribution in [0, 0.1) is 12.8 Å². The second kappa shape index (κ2) is 5.49. The minimum Gasteiger partial charge on any atom is -0.358 e. The molecule has 0 aliphatic heterocycles. The summed E-state index contributed by atoms with van der Waals surface area (Å²) in [6, 6.07) is 7.10. The topological polar surface area (TPSA) is 24.9 Å². The van der Waals surface area contributed by atoms with Gasteiger partial charge in [0, 0.05) is 6.04 Å². The molecule has 1 aromatic heterocycles. The Morgan fingerprint density at radius 2 is 2.05 bits per heavy atom. The lowest BCUT2D eigenvalue weighted by atomic mass is 9.97. The molecule has 0 spiro atoms. The van der Waals surface area contributed by atoms with Gasteiger partial charge in [0.15, 0.2) is 5.13 Å². The molecule has 0 amide bonds. The van der Waals surface area contributed by atoms with E-state index in [0.717, 1.165) is 16.6 Å². The molecule has 2 aromatic rings. The fourth-order valence-corrected chi connectivity index (χ4v) is 3.99. The molecule has 1 aromatic carbocycles. The summed E-state index contributed by atoms with van der Waals surface area (Å²) < 4.78 is 1.30. The molecule has 0 bridgehead atoms. The Morgan fingerprint density at radius 3 is 2.95 bits per heavy atom. The summed E-state index contributed by atoms with van der Waals surface area (Å²) in [6.45, 7) is 4.51. The van der Waals surface area contributed by atoms with E-state index in [9.17, 15) is 0 Å². The number of fused-ring (bicyclic) bond motifs is 1. The quantitative estimate of drug-likeness (QED) is 0.781. The van der Waals surface area contributed by atoms with Crippen LogP contribution in [0.1, 0.15) is 44.6 Å². The monoisotopic (exact) mass is 274 g/mol. The third-order valence-electron chi connectivity index (χ3n) is 4.21. The highest BCUT2D eigenvalue weighted by Gasteiger charge is 2.20. The number of nitrogens with one attached hydrogen (secondary N) is 1. The number of hydrogen-bond donors (Lipinski definition) is 1. The van der Waals surface area contributed by atoms with Crippen molar-refractivity contribution >= 4 is 26.7 Å². The molecule has 1 heterocycles. The van der Waals surface area contributed by atoms with Crippen LogP contribution in [0.2, 0.25) is 0 Å². The first kappa shape index (κ1) is 12.9. The molecule has 102 valence electrons. The van der Waals surface area contributed by atoms with Gasteiger partial charge >= 0.3 is 0 Å². The zero-order valence-corrected chi connectivity index (χ0v) is 12.6. The van der Waals surface area contributed by atoms with E-state index in [2.05, 4.69) is 37.4 Å². The average Bonchev–Trinajstić information content (AvgIpc) is 2.66. The summed E-state index contributed by atoms with van der Waals surface area (Å²) in [4.78, 5) is 4.72. The van der Waals surface area contributed by atoms with Gasteiger partial charge in [0.05, 0.1) is 10.2 Å². The summed E-state index contributed by atoms with van der Waals surface area (Å²) in [5.41, 5.74) is 2.44. The fraction of sp³-hybridized carbons (Fsp3) is 0.562. The van der Waals surface area contributed by atoms with Gasteiger partial charge in [0.1, 0.15) is 0 Å². The number of aryl methyl sites for hydroxylation is 1. The summed E-state index contributed by atoms with van der Waals surface area (Å²) in [5.74, 6) is 0.760. The molecule has 1 N–H and O–H groups in total. The van der Waals surface area contributed by atoms with Gasteiger partial charge in [0.25, 0.3) is 0 Å². The molecule has 1 aliphatic rings. The van der Waals surface area contributed by atoms with Gasteiger partial charge in [0.2, 0.25) is 0 Å². The standard InChI is InChI=1S/C16H22N2S/c1-11-8-9-14-15(10-11)19-16(18-14)17-13-7-5-3-4-6-12(13)2/h8-10,12-13H,3-7H2,1-2H3,(H,17,18). The molecule has 3 rings (SSSR count). The summed E-state index contributed by atoms with van der Waals surface area (Å²) >= 11 is 1.79. The fourth-order valence-electron chi connectivity index (χ4n) is 2.96. The molecule has 0 saturated heterocycles. The molecule has 3 heteroatoms. The van der Waals surface area contributed by atoms with Crippen molar-refractivity contribution in [2.45, 2.75) is 52.0 Å². The van der Waals surface area contributed by atoms with E-state index in [-0.39, 0.29) is 0 Å². The first-order chi connectivity index (χ1) is 9.22. The zero-order chi connectivity index (χ0) is 13.2. The van der Waals surface area contributed by atoms with Crippen LogP contribution < -0.4 is 5.32 Å². The third kappa shape index (κ3) is 2.92. The van der Waals surface area contributed by atoms with Gasteiger partial charge < -0.3 is 5.32 Å². The number of thiazole rings is 1. The second-order valence-electron chi connectivity index (χ2n) is 5.86. The highest BCUT2D eigenvalue weighted by molar-refractivity contribution is 7.22. The van der Waals surface area contributed by atoms with E-state index in [4.69, 9.17) is 4.98 Å². The maximum absolute atomic E-state index is 4.72. The van der Waals surface area contributed by atoms with Crippen molar-refractivity contribution in [1.82, 2.24) is 4.98 Å². The van der Waals surface area contributed by atoms with E-state index in [0.29, 0.717) is 6.04 Å². The van der Waals surface area contributed by atoms with Gasteiger partial charge in [-0.25, -0.2) is 4.98 Å². The predicted octanol–water partition coefficient (Wildman–Crippen LogP) is 4.99. The minimum absolute atomic E-state index is 0.601. The van der Waals surface area contributed by atoms with Crippen molar-refractivity contribution in [2.75, 3.05) is 5.32 Å². The molecule has 2 unspecified atom stereocenters. The first-order valence-corrected chi connectivity index (χ1v) is 8.18. The number of hydrogen-bond acceptors (Lipinski definition) is 3. The Bertz CT molecular complexity index is 561. The summed E-state index contributed by atoms with van der Waals surface area (Å²) in [6.07, 6.45) is 6.77. The van der Waals surface area contributed by atoms with E-state index < -0.39 is 0 Å². The number of nitrogens with zero attached hydrogens (tertiary/aromatic N) is 1. The van der Waals surface area contributed by atoms with Gasteiger partial charge in [-0.05, 0) is 43.4 Å². The summed E-state index contributed by atoms with van der Waals surface area (Å²) in [7, 11) is 0. The lowest BCUT2D eigenvalue weighted by molar-refractivity contribution is 0.456. The SMILES string of the molecule is Cc1ccc2nc(NC3CCCCCC3C)sc2c1. The van der Waals surface area contributed by atoms with Gasteiger partial charge in [-0.15, -0.1) is 0 Å². The molecular weight excluding hydrogens is 252 g/mol. The van der Waals surface area contributed by atoms with Crippen LogP contribution in [0.3, 0.4) is 0 Å².